The highest BCUT2D eigenvalue weighted by molar-refractivity contribution is 9.10. The van der Waals surface area contributed by atoms with Gasteiger partial charge in [-0.3, -0.25) is 0 Å². The molecule has 1 N–H and O–H groups in total. The smallest absolute Gasteiger partial charge is 0.149 e. The van der Waals surface area contributed by atoms with E-state index in [1.54, 1.807) is 12.3 Å². The summed E-state index contributed by atoms with van der Waals surface area (Å²) in [5.41, 5.74) is 1.13. The second-order valence-corrected chi connectivity index (χ2v) is 4.09. The first-order valence-corrected chi connectivity index (χ1v) is 5.35. The van der Waals surface area contributed by atoms with Gasteiger partial charge in [0, 0.05) is 18.2 Å². The first-order chi connectivity index (χ1) is 7.66. The Morgan fingerprint density at radius 1 is 1.25 bits per heavy atom. The summed E-state index contributed by atoms with van der Waals surface area (Å²) in [6.07, 6.45) is 3.09. The number of anilines is 1. The minimum atomic E-state index is -0.621. The van der Waals surface area contributed by atoms with E-state index in [-0.39, 0.29) is 10.2 Å². The molecule has 1 aromatic carbocycles. The minimum Gasteiger partial charge on any atom is -0.472 e. The predicted octanol–water partition coefficient (Wildman–Crippen LogP) is 3.93. The molecule has 0 atom stereocenters. The van der Waals surface area contributed by atoms with E-state index in [0.29, 0.717) is 6.54 Å². The van der Waals surface area contributed by atoms with E-state index in [1.165, 1.54) is 12.3 Å². The molecule has 84 valence electrons. The van der Waals surface area contributed by atoms with Crippen molar-refractivity contribution in [2.75, 3.05) is 5.32 Å². The highest BCUT2D eigenvalue weighted by Crippen LogP contribution is 2.24. The summed E-state index contributed by atoms with van der Waals surface area (Å²) in [5.74, 6) is -1.24. The van der Waals surface area contributed by atoms with Crippen LogP contribution in [0.3, 0.4) is 0 Å². The summed E-state index contributed by atoms with van der Waals surface area (Å²) in [6.45, 7) is 0.422. The van der Waals surface area contributed by atoms with Crippen LogP contribution in [0.5, 0.6) is 0 Å². The molecule has 0 radical (unpaired) electrons. The summed E-state index contributed by atoms with van der Waals surface area (Å²) < 4.78 is 31.4. The number of halogens is 3. The fourth-order valence-corrected chi connectivity index (χ4v) is 1.59. The van der Waals surface area contributed by atoms with Gasteiger partial charge in [0.1, 0.15) is 11.6 Å². The molecular weight excluding hydrogens is 280 g/mol. The normalized spacial score (nSPS) is 10.4. The zero-order valence-electron chi connectivity index (χ0n) is 8.14. The Morgan fingerprint density at radius 2 is 2.06 bits per heavy atom. The topological polar surface area (TPSA) is 25.2 Å². The van der Waals surface area contributed by atoms with Gasteiger partial charge in [-0.05, 0) is 28.1 Å². The van der Waals surface area contributed by atoms with Crippen LogP contribution in [0.2, 0.25) is 0 Å². The molecule has 0 saturated heterocycles. The lowest BCUT2D eigenvalue weighted by Gasteiger charge is -2.07. The van der Waals surface area contributed by atoms with Crippen molar-refractivity contribution < 1.29 is 13.2 Å². The van der Waals surface area contributed by atoms with Crippen molar-refractivity contribution in [3.8, 4) is 0 Å². The molecule has 0 spiro atoms. The van der Waals surface area contributed by atoms with Crippen LogP contribution in [0.1, 0.15) is 5.56 Å². The van der Waals surface area contributed by atoms with Gasteiger partial charge in [0.25, 0.3) is 0 Å². The van der Waals surface area contributed by atoms with Gasteiger partial charge in [-0.15, -0.1) is 0 Å². The van der Waals surface area contributed by atoms with Crippen LogP contribution in [0.15, 0.2) is 39.6 Å². The van der Waals surface area contributed by atoms with Gasteiger partial charge in [-0.1, -0.05) is 0 Å². The molecule has 0 aliphatic rings. The zero-order valence-corrected chi connectivity index (χ0v) is 9.72. The van der Waals surface area contributed by atoms with Crippen molar-refractivity contribution in [3.05, 3.63) is 52.4 Å². The molecule has 0 unspecified atom stereocenters. The number of furan rings is 1. The fourth-order valence-electron chi connectivity index (χ4n) is 1.25. The maximum Gasteiger partial charge on any atom is 0.149 e. The van der Waals surface area contributed by atoms with Crippen LogP contribution in [0.25, 0.3) is 0 Å². The molecule has 1 aromatic heterocycles. The standard InChI is InChI=1S/C11H8BrF2NO/c12-8-3-11(10(14)4-9(8)13)15-5-7-1-2-16-6-7/h1-4,6,15H,5H2. The molecule has 2 aromatic rings. The van der Waals surface area contributed by atoms with E-state index in [0.717, 1.165) is 11.6 Å². The third-order valence-corrected chi connectivity index (χ3v) is 2.68. The lowest BCUT2D eigenvalue weighted by molar-refractivity contribution is 0.564. The summed E-state index contributed by atoms with van der Waals surface area (Å²) in [4.78, 5) is 0. The van der Waals surface area contributed by atoms with Crippen LogP contribution in [0, 0.1) is 11.6 Å². The molecule has 2 rings (SSSR count). The first-order valence-electron chi connectivity index (χ1n) is 4.56. The van der Waals surface area contributed by atoms with Crippen molar-refractivity contribution in [1.29, 1.82) is 0 Å². The van der Waals surface area contributed by atoms with E-state index in [9.17, 15) is 8.78 Å². The van der Waals surface area contributed by atoms with E-state index in [1.807, 2.05) is 0 Å². The number of rotatable bonds is 3. The molecule has 5 heteroatoms. The summed E-state index contributed by atoms with van der Waals surface area (Å²) in [6, 6.07) is 3.97. The van der Waals surface area contributed by atoms with Gasteiger partial charge in [0.2, 0.25) is 0 Å². The number of benzene rings is 1. The number of nitrogens with one attached hydrogen (secondary N) is 1. The SMILES string of the molecule is Fc1cc(F)c(NCc2ccoc2)cc1Br. The predicted molar refractivity (Wildman–Crippen MR) is 60.1 cm³/mol. The Hall–Kier alpha value is -1.36. The van der Waals surface area contributed by atoms with E-state index in [4.69, 9.17) is 4.42 Å². The van der Waals surface area contributed by atoms with Crippen LogP contribution < -0.4 is 5.32 Å². The molecular formula is C11H8BrF2NO. The van der Waals surface area contributed by atoms with Gasteiger partial charge in [0.15, 0.2) is 0 Å². The molecule has 0 aliphatic carbocycles. The van der Waals surface area contributed by atoms with Crippen molar-refractivity contribution in [2.24, 2.45) is 0 Å². The third kappa shape index (κ3) is 2.41. The average Bonchev–Trinajstić information content (AvgIpc) is 2.74. The maximum atomic E-state index is 13.3. The molecule has 0 fully saturated rings. The lowest BCUT2D eigenvalue weighted by atomic mass is 10.2. The van der Waals surface area contributed by atoms with Crippen molar-refractivity contribution in [3.63, 3.8) is 0 Å². The quantitative estimate of drug-likeness (QED) is 0.866. The third-order valence-electron chi connectivity index (χ3n) is 2.07. The van der Waals surface area contributed by atoms with Crippen molar-refractivity contribution in [2.45, 2.75) is 6.54 Å². The van der Waals surface area contributed by atoms with Gasteiger partial charge < -0.3 is 9.73 Å². The largest absolute Gasteiger partial charge is 0.472 e. The summed E-state index contributed by atoms with van der Waals surface area (Å²) >= 11 is 3.00. The first kappa shape index (κ1) is 11.1. The van der Waals surface area contributed by atoms with Gasteiger partial charge in [-0.25, -0.2) is 8.78 Å². The van der Waals surface area contributed by atoms with E-state index in [2.05, 4.69) is 21.2 Å². The number of hydrogen-bond acceptors (Lipinski definition) is 2. The van der Waals surface area contributed by atoms with Gasteiger partial charge in [0.05, 0.1) is 22.7 Å². The lowest BCUT2D eigenvalue weighted by Crippen LogP contribution is -2.01. The molecule has 16 heavy (non-hydrogen) atoms. The van der Waals surface area contributed by atoms with Crippen LogP contribution in [-0.2, 0) is 6.54 Å². The molecule has 0 aliphatic heterocycles. The Morgan fingerprint density at radius 3 is 2.75 bits per heavy atom. The van der Waals surface area contributed by atoms with E-state index >= 15 is 0 Å². The minimum absolute atomic E-state index is 0.226. The second kappa shape index (κ2) is 4.65. The maximum absolute atomic E-state index is 13.3. The monoisotopic (exact) mass is 287 g/mol. The van der Waals surface area contributed by atoms with Gasteiger partial charge >= 0.3 is 0 Å². The molecule has 0 amide bonds. The Labute approximate surface area is 99.4 Å². The number of hydrogen-bond donors (Lipinski definition) is 1. The Balaban J connectivity index is 2.12. The summed E-state index contributed by atoms with van der Waals surface area (Å²) in [5, 5.41) is 2.85. The highest BCUT2D eigenvalue weighted by atomic mass is 79.9. The van der Waals surface area contributed by atoms with Crippen LogP contribution >= 0.6 is 15.9 Å². The van der Waals surface area contributed by atoms with Gasteiger partial charge in [-0.2, -0.15) is 0 Å². The fraction of sp³-hybridized carbons (Fsp3) is 0.0909. The van der Waals surface area contributed by atoms with Crippen molar-refractivity contribution >= 4 is 21.6 Å². The zero-order chi connectivity index (χ0) is 11.5. The molecule has 2 nitrogen and oxygen atoms in total. The molecule has 0 bridgehead atoms. The second-order valence-electron chi connectivity index (χ2n) is 3.23. The summed E-state index contributed by atoms with van der Waals surface area (Å²) in [7, 11) is 0. The van der Waals surface area contributed by atoms with Crippen LogP contribution in [-0.4, -0.2) is 0 Å². The Kier molecular flexibility index (Phi) is 3.24. The van der Waals surface area contributed by atoms with Crippen LogP contribution in [0.4, 0.5) is 14.5 Å². The van der Waals surface area contributed by atoms with Crippen molar-refractivity contribution in [1.82, 2.24) is 0 Å². The Bertz CT molecular complexity index is 485. The molecule has 1 heterocycles. The molecule has 0 saturated carbocycles. The average molecular weight is 288 g/mol. The highest BCUT2D eigenvalue weighted by Gasteiger charge is 2.07. The van der Waals surface area contributed by atoms with E-state index < -0.39 is 11.6 Å².